The Labute approximate surface area is 109 Å². The molecule has 0 amide bonds. The lowest BCUT2D eigenvalue weighted by Gasteiger charge is -2.18. The number of anilines is 1. The molecule has 5 nitrogen and oxygen atoms in total. The standard InChI is InChI=1S/C12H15F2N3O2/c13-12(14)5-1-2-8(12)3-6-15-9-4-7-16-10(17-9)11(18)19/h4,7-8H,1-3,5-6H2,(H,18,19)(H,15,16,17). The minimum atomic E-state index is -2.57. The molecule has 1 aromatic rings. The van der Waals surface area contributed by atoms with Crippen molar-refractivity contribution in [2.24, 2.45) is 5.92 Å². The largest absolute Gasteiger partial charge is 0.475 e. The van der Waals surface area contributed by atoms with Crippen molar-refractivity contribution < 1.29 is 18.7 Å². The SMILES string of the molecule is O=C(O)c1nccc(NCCC2CCCC2(F)F)n1. The van der Waals surface area contributed by atoms with Crippen LogP contribution in [0.2, 0.25) is 0 Å². The molecule has 1 aliphatic carbocycles. The molecule has 1 fully saturated rings. The highest BCUT2D eigenvalue weighted by atomic mass is 19.3. The first-order valence-corrected chi connectivity index (χ1v) is 6.17. The minimum Gasteiger partial charge on any atom is -0.475 e. The highest BCUT2D eigenvalue weighted by Gasteiger charge is 2.42. The predicted molar refractivity (Wildman–Crippen MR) is 64.4 cm³/mol. The number of carbonyl (C=O) groups is 1. The molecule has 0 saturated heterocycles. The number of hydrogen-bond donors (Lipinski definition) is 2. The average Bonchev–Trinajstić information content (AvgIpc) is 2.69. The van der Waals surface area contributed by atoms with Crippen LogP contribution < -0.4 is 5.32 Å². The van der Waals surface area contributed by atoms with Crippen LogP contribution in [0.4, 0.5) is 14.6 Å². The molecule has 0 aromatic carbocycles. The van der Waals surface area contributed by atoms with Gasteiger partial charge in [0.25, 0.3) is 5.92 Å². The smallest absolute Gasteiger partial charge is 0.374 e. The van der Waals surface area contributed by atoms with Gasteiger partial charge < -0.3 is 10.4 Å². The number of aromatic carboxylic acids is 1. The van der Waals surface area contributed by atoms with Gasteiger partial charge in [-0.15, -0.1) is 0 Å². The number of nitrogens with one attached hydrogen (secondary N) is 1. The van der Waals surface area contributed by atoms with E-state index in [1.54, 1.807) is 0 Å². The number of aromatic nitrogens is 2. The van der Waals surface area contributed by atoms with Gasteiger partial charge in [-0.2, -0.15) is 0 Å². The zero-order valence-electron chi connectivity index (χ0n) is 10.3. The quantitative estimate of drug-likeness (QED) is 0.860. The van der Waals surface area contributed by atoms with Crippen LogP contribution in [-0.2, 0) is 0 Å². The normalized spacial score (nSPS) is 21.3. The molecule has 2 N–H and O–H groups in total. The van der Waals surface area contributed by atoms with E-state index in [4.69, 9.17) is 5.11 Å². The van der Waals surface area contributed by atoms with Crippen molar-refractivity contribution in [1.29, 1.82) is 0 Å². The average molecular weight is 271 g/mol. The summed E-state index contributed by atoms with van der Waals surface area (Å²) < 4.78 is 26.7. The Bertz CT molecular complexity index is 468. The van der Waals surface area contributed by atoms with Crippen LogP contribution in [0.3, 0.4) is 0 Å². The van der Waals surface area contributed by atoms with Crippen molar-refractivity contribution in [2.45, 2.75) is 31.6 Å². The van der Waals surface area contributed by atoms with Crippen molar-refractivity contribution in [3.63, 3.8) is 0 Å². The van der Waals surface area contributed by atoms with Crippen molar-refractivity contribution >= 4 is 11.8 Å². The number of nitrogens with zero attached hydrogens (tertiary/aromatic N) is 2. The van der Waals surface area contributed by atoms with Gasteiger partial charge in [-0.25, -0.2) is 23.5 Å². The molecule has 0 spiro atoms. The summed E-state index contributed by atoms with van der Waals surface area (Å²) in [6.45, 7) is 0.344. The molecule has 1 saturated carbocycles. The molecule has 2 rings (SSSR count). The van der Waals surface area contributed by atoms with Crippen LogP contribution in [0.5, 0.6) is 0 Å². The fourth-order valence-electron chi connectivity index (χ4n) is 2.29. The van der Waals surface area contributed by atoms with Gasteiger partial charge >= 0.3 is 5.97 Å². The van der Waals surface area contributed by atoms with Gasteiger partial charge in [-0.1, -0.05) is 0 Å². The van der Waals surface area contributed by atoms with Gasteiger partial charge in [0.2, 0.25) is 5.82 Å². The maximum atomic E-state index is 13.4. The van der Waals surface area contributed by atoms with Crippen LogP contribution in [0.25, 0.3) is 0 Å². The lowest BCUT2D eigenvalue weighted by atomic mass is 10.0. The summed E-state index contributed by atoms with van der Waals surface area (Å²) in [5, 5.41) is 11.6. The summed E-state index contributed by atoms with van der Waals surface area (Å²) >= 11 is 0. The highest BCUT2D eigenvalue weighted by Crippen LogP contribution is 2.41. The van der Waals surface area contributed by atoms with Crippen molar-refractivity contribution in [3.8, 4) is 0 Å². The van der Waals surface area contributed by atoms with Gasteiger partial charge in [0, 0.05) is 25.1 Å². The Kier molecular flexibility index (Phi) is 3.92. The Morgan fingerprint density at radius 2 is 2.37 bits per heavy atom. The second kappa shape index (κ2) is 5.46. The van der Waals surface area contributed by atoms with E-state index in [1.165, 1.54) is 12.3 Å². The summed E-state index contributed by atoms with van der Waals surface area (Å²) in [5.41, 5.74) is 0. The highest BCUT2D eigenvalue weighted by molar-refractivity contribution is 5.83. The lowest BCUT2D eigenvalue weighted by molar-refractivity contribution is -0.0381. The van der Waals surface area contributed by atoms with Crippen LogP contribution >= 0.6 is 0 Å². The second-order valence-corrected chi connectivity index (χ2v) is 4.64. The molecule has 1 aliphatic rings. The molecule has 1 aromatic heterocycles. The van der Waals surface area contributed by atoms with Crippen molar-refractivity contribution in [1.82, 2.24) is 9.97 Å². The van der Waals surface area contributed by atoms with E-state index in [1.807, 2.05) is 0 Å². The van der Waals surface area contributed by atoms with Crippen LogP contribution in [-0.4, -0.2) is 33.5 Å². The Hall–Kier alpha value is -1.79. The molecular formula is C12H15F2N3O2. The Morgan fingerprint density at radius 1 is 1.58 bits per heavy atom. The molecular weight excluding hydrogens is 256 g/mol. The van der Waals surface area contributed by atoms with E-state index < -0.39 is 17.8 Å². The number of hydrogen-bond acceptors (Lipinski definition) is 4. The summed E-state index contributed by atoms with van der Waals surface area (Å²) in [4.78, 5) is 18.0. The van der Waals surface area contributed by atoms with E-state index in [0.717, 1.165) is 0 Å². The van der Waals surface area contributed by atoms with Gasteiger partial charge in [0.05, 0.1) is 0 Å². The molecule has 104 valence electrons. The third-order valence-electron chi connectivity index (χ3n) is 3.31. The monoisotopic (exact) mass is 271 g/mol. The fourth-order valence-corrected chi connectivity index (χ4v) is 2.29. The number of carboxylic acids is 1. The minimum absolute atomic E-state index is 0.0334. The summed E-state index contributed by atoms with van der Waals surface area (Å²) in [5.74, 6) is -4.35. The fraction of sp³-hybridized carbons (Fsp3) is 0.583. The molecule has 1 atom stereocenters. The van der Waals surface area contributed by atoms with Gasteiger partial charge in [-0.3, -0.25) is 0 Å². The van der Waals surface area contributed by atoms with Crippen LogP contribution in [0.1, 0.15) is 36.3 Å². The first kappa shape index (κ1) is 13.6. The maximum Gasteiger partial charge on any atom is 0.374 e. The summed E-state index contributed by atoms with van der Waals surface area (Å²) in [7, 11) is 0. The van der Waals surface area contributed by atoms with E-state index in [0.29, 0.717) is 31.6 Å². The third-order valence-corrected chi connectivity index (χ3v) is 3.31. The molecule has 0 radical (unpaired) electrons. The van der Waals surface area contributed by atoms with E-state index >= 15 is 0 Å². The number of halogens is 2. The maximum absolute atomic E-state index is 13.4. The molecule has 1 unspecified atom stereocenters. The van der Waals surface area contributed by atoms with Gasteiger partial charge in [0.1, 0.15) is 5.82 Å². The first-order valence-electron chi connectivity index (χ1n) is 6.17. The topological polar surface area (TPSA) is 75.1 Å². The van der Waals surface area contributed by atoms with Gasteiger partial charge in [0.15, 0.2) is 0 Å². The number of alkyl halides is 2. The number of carboxylic acid groups (broad SMARTS) is 1. The Morgan fingerprint density at radius 3 is 3.00 bits per heavy atom. The van der Waals surface area contributed by atoms with E-state index in [9.17, 15) is 13.6 Å². The van der Waals surface area contributed by atoms with Crippen molar-refractivity contribution in [2.75, 3.05) is 11.9 Å². The number of rotatable bonds is 5. The predicted octanol–water partition coefficient (Wildman–Crippen LogP) is 2.41. The Balaban J connectivity index is 1.86. The zero-order valence-corrected chi connectivity index (χ0v) is 10.3. The van der Waals surface area contributed by atoms with E-state index in [2.05, 4.69) is 15.3 Å². The summed E-state index contributed by atoms with van der Waals surface area (Å²) in [6, 6.07) is 1.51. The molecule has 0 bridgehead atoms. The third kappa shape index (κ3) is 3.36. The molecule has 1 heterocycles. The van der Waals surface area contributed by atoms with Gasteiger partial charge in [-0.05, 0) is 25.3 Å². The molecule has 0 aliphatic heterocycles. The second-order valence-electron chi connectivity index (χ2n) is 4.64. The molecule has 19 heavy (non-hydrogen) atoms. The first-order chi connectivity index (χ1) is 8.99. The van der Waals surface area contributed by atoms with E-state index in [-0.39, 0.29) is 12.2 Å². The molecule has 7 heteroatoms. The lowest BCUT2D eigenvalue weighted by Crippen LogP contribution is -2.24. The van der Waals surface area contributed by atoms with Crippen LogP contribution in [0.15, 0.2) is 12.3 Å². The zero-order chi connectivity index (χ0) is 13.9. The van der Waals surface area contributed by atoms with Crippen molar-refractivity contribution in [3.05, 3.63) is 18.1 Å². The van der Waals surface area contributed by atoms with Crippen LogP contribution in [0, 0.1) is 5.92 Å². The summed E-state index contributed by atoms with van der Waals surface area (Å²) in [6.07, 6.45) is 2.74.